The molecule has 261 valence electrons. The minimum atomic E-state index is -1.29. The first-order valence-electron chi connectivity index (χ1n) is 17.6. The zero-order valence-electron chi connectivity index (χ0n) is 30.8. The van der Waals surface area contributed by atoms with E-state index in [1.165, 1.54) is 28.4 Å². The Morgan fingerprint density at radius 2 is 1.37 bits per heavy atom. The molecule has 8 aromatic rings. The molecule has 0 aliphatic rings. The molecule has 3 aromatic heterocycles. The van der Waals surface area contributed by atoms with E-state index in [9.17, 15) is 4.39 Å². The number of halogens is 1. The first-order chi connectivity index (χ1) is 24.9. The van der Waals surface area contributed by atoms with Crippen LogP contribution in [0.4, 0.5) is 4.39 Å². The molecule has 0 aliphatic carbocycles. The number of fused-ring (bicyclic) bond motifs is 3. The fraction of sp³-hybridized carbons (Fsp3) is 0.130. The number of rotatable bonds is 6. The Labute approximate surface area is 321 Å². The molecule has 0 unspecified atom stereocenters. The van der Waals surface area contributed by atoms with Gasteiger partial charge >= 0.3 is 0 Å². The summed E-state index contributed by atoms with van der Waals surface area (Å²) in [7, 11) is -1.29. The van der Waals surface area contributed by atoms with E-state index in [0.29, 0.717) is 0 Å². The fourth-order valence-corrected chi connectivity index (χ4v) is 7.04. The normalized spacial score (nSPS) is 11.8. The summed E-state index contributed by atoms with van der Waals surface area (Å²) < 4.78 is 27.6. The summed E-state index contributed by atoms with van der Waals surface area (Å²) in [6.07, 6.45) is 3.77. The second kappa shape index (κ2) is 15.7. The molecule has 3 heterocycles. The predicted octanol–water partition coefficient (Wildman–Crippen LogP) is 12.1. The van der Waals surface area contributed by atoms with Crippen molar-refractivity contribution in [2.45, 2.75) is 39.4 Å². The van der Waals surface area contributed by atoms with Crippen LogP contribution < -0.4 is 5.19 Å². The quantitative estimate of drug-likeness (QED) is 0.123. The first-order valence-corrected chi connectivity index (χ1v) is 20.6. The van der Waals surface area contributed by atoms with Gasteiger partial charge in [0, 0.05) is 39.3 Å². The third kappa shape index (κ3) is 8.21. The molecule has 0 spiro atoms. The van der Waals surface area contributed by atoms with Crippen molar-refractivity contribution in [2.24, 2.45) is 0 Å². The standard InChI is InChI=1S/C26H19FNO.C20H20NSi.Ir/c1-16(2)18-11-12-28-24(15-18)20-6-10-26-23(14-20)22-13-19(5-9-25(22)29-26)17-3-7-21(27)8-4-17;1-22(2,3)19-12-13-20(21-15-19)18-11-7-10-17(14-18)16-8-5-4-6-9-16;/h3-5,7-16H,1-2H3;4-10,12-15H,1-3H3;/q2*-1;/i16D;;. The van der Waals surface area contributed by atoms with Crippen molar-refractivity contribution in [3.8, 4) is 44.8 Å². The molecule has 0 aliphatic heterocycles. The van der Waals surface area contributed by atoms with Crippen LogP contribution in [-0.4, -0.2) is 18.0 Å². The Morgan fingerprint density at radius 1 is 0.673 bits per heavy atom. The van der Waals surface area contributed by atoms with Gasteiger partial charge in [-0.15, -0.1) is 59.2 Å². The van der Waals surface area contributed by atoms with Crippen LogP contribution in [0.1, 0.15) is 26.7 Å². The Balaban J connectivity index is 0.000000187. The number of benzene rings is 5. The van der Waals surface area contributed by atoms with Gasteiger partial charge in [0.05, 0.1) is 13.7 Å². The summed E-state index contributed by atoms with van der Waals surface area (Å²) in [6, 6.07) is 47.7. The third-order valence-electron chi connectivity index (χ3n) is 9.01. The fourth-order valence-electron chi connectivity index (χ4n) is 6.00. The topological polar surface area (TPSA) is 38.9 Å². The monoisotopic (exact) mass is 876 g/mol. The Kier molecular flexibility index (Phi) is 10.7. The van der Waals surface area contributed by atoms with Crippen LogP contribution in [-0.2, 0) is 20.1 Å². The van der Waals surface area contributed by atoms with E-state index >= 15 is 0 Å². The molecule has 0 amide bonds. The molecule has 0 bridgehead atoms. The molecule has 0 N–H and O–H groups in total. The number of furan rings is 1. The third-order valence-corrected chi connectivity index (χ3v) is 11.0. The summed E-state index contributed by atoms with van der Waals surface area (Å²) in [5.74, 6) is -0.951. The smallest absolute Gasteiger partial charge is 0.123 e. The number of pyridine rings is 2. The molecular weight excluding hydrogens is 836 g/mol. The number of hydrogen-bond acceptors (Lipinski definition) is 3. The Bertz CT molecular complexity index is 2490. The van der Waals surface area contributed by atoms with Gasteiger partial charge in [-0.2, -0.15) is 0 Å². The van der Waals surface area contributed by atoms with Crippen molar-refractivity contribution in [3.63, 3.8) is 0 Å². The minimum Gasteiger partial charge on any atom is -0.500 e. The molecule has 8 rings (SSSR count). The van der Waals surface area contributed by atoms with Crippen molar-refractivity contribution in [2.75, 3.05) is 0 Å². The first kappa shape index (κ1) is 35.4. The second-order valence-corrected chi connectivity index (χ2v) is 19.0. The van der Waals surface area contributed by atoms with E-state index in [4.69, 9.17) is 5.79 Å². The van der Waals surface area contributed by atoms with E-state index in [1.54, 1.807) is 18.3 Å². The van der Waals surface area contributed by atoms with Crippen LogP contribution >= 0.6 is 0 Å². The van der Waals surface area contributed by atoms with Crippen LogP contribution in [0.15, 0.2) is 144 Å². The molecule has 3 nitrogen and oxygen atoms in total. The van der Waals surface area contributed by atoms with Crippen molar-refractivity contribution in [1.82, 2.24) is 9.97 Å². The maximum atomic E-state index is 13.3. The molecule has 0 fully saturated rings. The van der Waals surface area contributed by atoms with Gasteiger partial charge in [-0.05, 0) is 69.5 Å². The number of nitrogens with zero attached hydrogens (tertiary/aromatic N) is 2. The minimum absolute atomic E-state index is 0. The van der Waals surface area contributed by atoms with E-state index in [0.717, 1.165) is 61.1 Å². The zero-order valence-corrected chi connectivity index (χ0v) is 33.2. The Morgan fingerprint density at radius 3 is 2.08 bits per heavy atom. The average molecular weight is 876 g/mol. The molecule has 5 aromatic carbocycles. The largest absolute Gasteiger partial charge is 0.500 e. The zero-order chi connectivity index (χ0) is 36.5. The van der Waals surface area contributed by atoms with Gasteiger partial charge in [0.2, 0.25) is 0 Å². The van der Waals surface area contributed by atoms with Crippen LogP contribution in [0.5, 0.6) is 0 Å². The summed E-state index contributed by atoms with van der Waals surface area (Å²) >= 11 is 0. The molecule has 0 saturated carbocycles. The summed E-state index contributed by atoms with van der Waals surface area (Å²) in [6.45, 7) is 10.7. The molecular formula is C46H39FIrN2OSi-2. The number of hydrogen-bond donors (Lipinski definition) is 0. The van der Waals surface area contributed by atoms with Gasteiger partial charge in [0.25, 0.3) is 0 Å². The van der Waals surface area contributed by atoms with Crippen molar-refractivity contribution >= 4 is 35.2 Å². The van der Waals surface area contributed by atoms with Crippen molar-refractivity contribution < 1.29 is 30.3 Å². The molecule has 0 atom stereocenters. The van der Waals surface area contributed by atoms with Crippen LogP contribution in [0.3, 0.4) is 0 Å². The Hall–Kier alpha value is -5.00. The van der Waals surface area contributed by atoms with E-state index < -0.39 is 14.0 Å². The number of aromatic nitrogens is 2. The SMILES string of the molecule is C[Si](C)(C)c1ccc(-c2[c-]ccc(-c3ccccc3)c2)nc1.[2H]C(C)(C)c1ccnc(-c2[c-]cc3oc4ccc(-c5ccc(F)cc5)cc4c3c2)c1.[Ir]. The van der Waals surface area contributed by atoms with Gasteiger partial charge in [0.15, 0.2) is 0 Å². The van der Waals surface area contributed by atoms with Gasteiger partial charge in [-0.25, -0.2) is 4.39 Å². The second-order valence-electron chi connectivity index (χ2n) is 13.9. The van der Waals surface area contributed by atoms with Gasteiger partial charge in [-0.1, -0.05) is 111 Å². The van der Waals surface area contributed by atoms with Gasteiger partial charge < -0.3 is 14.4 Å². The van der Waals surface area contributed by atoms with E-state index in [1.807, 2.05) is 68.6 Å². The van der Waals surface area contributed by atoms with Crippen molar-refractivity contribution in [1.29, 1.82) is 0 Å². The van der Waals surface area contributed by atoms with Gasteiger partial charge in [0.1, 0.15) is 11.4 Å². The summed E-state index contributed by atoms with van der Waals surface area (Å²) in [5, 5.41) is 3.34. The predicted molar refractivity (Wildman–Crippen MR) is 212 cm³/mol. The van der Waals surface area contributed by atoms with Crippen LogP contribution in [0.25, 0.3) is 66.7 Å². The van der Waals surface area contributed by atoms with Crippen LogP contribution in [0.2, 0.25) is 19.6 Å². The molecule has 0 saturated heterocycles. The summed E-state index contributed by atoms with van der Waals surface area (Å²) in [5.41, 5.74) is 10.5. The maximum absolute atomic E-state index is 13.3. The molecule has 1 radical (unpaired) electrons. The van der Waals surface area contributed by atoms with Crippen LogP contribution in [0, 0.1) is 17.9 Å². The maximum Gasteiger partial charge on any atom is 0.123 e. The van der Waals surface area contributed by atoms with E-state index in [-0.39, 0.29) is 25.9 Å². The van der Waals surface area contributed by atoms with Gasteiger partial charge in [-0.3, -0.25) is 0 Å². The van der Waals surface area contributed by atoms with Crippen molar-refractivity contribution in [3.05, 3.63) is 163 Å². The molecule has 52 heavy (non-hydrogen) atoms. The van der Waals surface area contributed by atoms with E-state index in [2.05, 4.69) is 96.3 Å². The summed E-state index contributed by atoms with van der Waals surface area (Å²) in [4.78, 5) is 9.14. The molecule has 6 heteroatoms. The average Bonchev–Trinajstić information content (AvgIpc) is 3.52.